The number of aliphatic carboxylic acids is 2. The van der Waals surface area contributed by atoms with Crippen LogP contribution < -0.4 is 21.7 Å². The van der Waals surface area contributed by atoms with Crippen molar-refractivity contribution < 1.29 is 44.4 Å². The van der Waals surface area contributed by atoms with Gasteiger partial charge < -0.3 is 42.1 Å². The molecule has 0 spiro atoms. The van der Waals surface area contributed by atoms with Crippen LogP contribution in [0, 0.1) is 0 Å². The summed E-state index contributed by atoms with van der Waals surface area (Å²) in [5, 5.41) is 41.5. The van der Waals surface area contributed by atoms with Gasteiger partial charge in [-0.05, 0) is 6.92 Å². The van der Waals surface area contributed by atoms with Gasteiger partial charge >= 0.3 is 11.9 Å². The van der Waals surface area contributed by atoms with Crippen molar-refractivity contribution >= 4 is 29.7 Å². The third kappa shape index (κ3) is 7.87. The maximum atomic E-state index is 11.9. The van der Waals surface area contributed by atoms with Crippen molar-refractivity contribution in [3.63, 3.8) is 0 Å². The minimum absolute atomic E-state index is 0.651. The fourth-order valence-corrected chi connectivity index (χ4v) is 1.61. The number of carbonyl (C=O) groups is 5. The van der Waals surface area contributed by atoms with Crippen LogP contribution in [0.25, 0.3) is 0 Å². The van der Waals surface area contributed by atoms with E-state index in [0.717, 1.165) is 0 Å². The van der Waals surface area contributed by atoms with E-state index in [-0.39, 0.29) is 0 Å². The molecule has 0 aromatic rings. The molecule has 148 valence electrons. The summed E-state index contributed by atoms with van der Waals surface area (Å²) in [5.41, 5.74) is 5.26. The Kier molecular flexibility index (Phi) is 9.80. The number of hydrogen-bond acceptors (Lipinski definition) is 8. The van der Waals surface area contributed by atoms with Crippen LogP contribution in [0.2, 0.25) is 0 Å². The first-order valence-corrected chi connectivity index (χ1v) is 7.36. The number of hydrogen-bond donors (Lipinski definition) is 8. The van der Waals surface area contributed by atoms with E-state index in [1.165, 1.54) is 6.92 Å². The van der Waals surface area contributed by atoms with Crippen LogP contribution in [-0.4, -0.2) is 87.5 Å². The summed E-state index contributed by atoms with van der Waals surface area (Å²) >= 11 is 0. The van der Waals surface area contributed by atoms with Gasteiger partial charge in [0.15, 0.2) is 0 Å². The molecule has 0 heterocycles. The molecule has 0 aliphatic rings. The number of carboxylic acid groups (broad SMARTS) is 2. The standard InChI is InChI=1S/C13H22N4O9/c1-5(15-11(23)6(14)3-18)10(22)17-8(4-19)12(24)16-7(13(25)26)2-9(20)21/h5-8,18-19H,2-4,14H2,1H3,(H,15,23)(H,16,24)(H,17,22)(H,20,21)(H,25,26). The van der Waals surface area contributed by atoms with E-state index in [1.54, 1.807) is 0 Å². The molecule has 4 atom stereocenters. The van der Waals surface area contributed by atoms with Crippen LogP contribution in [0.5, 0.6) is 0 Å². The van der Waals surface area contributed by atoms with Gasteiger partial charge in [0.1, 0.15) is 24.2 Å². The van der Waals surface area contributed by atoms with Crippen molar-refractivity contribution in [3.8, 4) is 0 Å². The number of carbonyl (C=O) groups excluding carboxylic acids is 3. The molecule has 0 rings (SSSR count). The van der Waals surface area contributed by atoms with Gasteiger partial charge in [-0.3, -0.25) is 19.2 Å². The lowest BCUT2D eigenvalue weighted by molar-refractivity contribution is -0.147. The number of amides is 3. The SMILES string of the molecule is CC(NC(=O)C(N)CO)C(=O)NC(CO)C(=O)NC(CC(=O)O)C(=O)O. The monoisotopic (exact) mass is 378 g/mol. The molecule has 0 saturated carbocycles. The molecule has 0 aliphatic heterocycles. The van der Waals surface area contributed by atoms with Gasteiger partial charge in [-0.2, -0.15) is 0 Å². The Morgan fingerprint density at radius 2 is 1.38 bits per heavy atom. The number of rotatable bonds is 11. The lowest BCUT2D eigenvalue weighted by Crippen LogP contribution is -2.57. The Morgan fingerprint density at radius 1 is 0.846 bits per heavy atom. The molecule has 0 aromatic carbocycles. The van der Waals surface area contributed by atoms with Gasteiger partial charge in [-0.25, -0.2) is 4.79 Å². The van der Waals surface area contributed by atoms with E-state index < -0.39 is 73.5 Å². The number of nitrogens with one attached hydrogen (secondary N) is 3. The van der Waals surface area contributed by atoms with Crippen molar-refractivity contribution in [1.82, 2.24) is 16.0 Å². The van der Waals surface area contributed by atoms with E-state index >= 15 is 0 Å². The van der Waals surface area contributed by atoms with E-state index in [2.05, 4.69) is 10.6 Å². The fourth-order valence-electron chi connectivity index (χ4n) is 1.61. The summed E-state index contributed by atoms with van der Waals surface area (Å²) in [4.78, 5) is 56.8. The lowest BCUT2D eigenvalue weighted by Gasteiger charge is -2.22. The first kappa shape index (κ1) is 23.2. The Bertz CT molecular complexity index is 554. The quantitative estimate of drug-likeness (QED) is 0.171. The Labute approximate surface area is 147 Å². The van der Waals surface area contributed by atoms with Crippen molar-refractivity contribution in [2.75, 3.05) is 13.2 Å². The van der Waals surface area contributed by atoms with Crippen LogP contribution in [0.15, 0.2) is 0 Å². The fraction of sp³-hybridized carbons (Fsp3) is 0.615. The lowest BCUT2D eigenvalue weighted by atomic mass is 10.1. The molecule has 0 aliphatic carbocycles. The molecule has 0 radical (unpaired) electrons. The molecule has 0 saturated heterocycles. The zero-order valence-electron chi connectivity index (χ0n) is 13.8. The smallest absolute Gasteiger partial charge is 0.326 e. The normalized spacial score (nSPS) is 15.1. The maximum absolute atomic E-state index is 11.9. The van der Waals surface area contributed by atoms with Crippen molar-refractivity contribution in [2.24, 2.45) is 5.73 Å². The maximum Gasteiger partial charge on any atom is 0.326 e. The van der Waals surface area contributed by atoms with Crippen molar-refractivity contribution in [3.05, 3.63) is 0 Å². The van der Waals surface area contributed by atoms with E-state index in [1.807, 2.05) is 5.32 Å². The highest BCUT2D eigenvalue weighted by molar-refractivity contribution is 5.94. The second-order valence-electron chi connectivity index (χ2n) is 5.26. The molecule has 0 aromatic heterocycles. The number of aliphatic hydroxyl groups excluding tert-OH is 2. The van der Waals surface area contributed by atoms with Crippen LogP contribution in [-0.2, 0) is 24.0 Å². The van der Waals surface area contributed by atoms with Crippen LogP contribution in [0.3, 0.4) is 0 Å². The van der Waals surface area contributed by atoms with E-state index in [9.17, 15) is 29.1 Å². The summed E-state index contributed by atoms with van der Waals surface area (Å²) < 4.78 is 0. The summed E-state index contributed by atoms with van der Waals surface area (Å²) in [5.74, 6) is -5.93. The molecule has 0 fully saturated rings. The summed E-state index contributed by atoms with van der Waals surface area (Å²) in [6.45, 7) is -0.316. The third-order valence-electron chi connectivity index (χ3n) is 3.09. The number of carboxylic acids is 2. The molecule has 0 bridgehead atoms. The zero-order valence-corrected chi connectivity index (χ0v) is 13.8. The average Bonchev–Trinajstić information content (AvgIpc) is 2.56. The Hall–Kier alpha value is -2.77. The zero-order chi connectivity index (χ0) is 20.4. The van der Waals surface area contributed by atoms with Gasteiger partial charge in [0.25, 0.3) is 0 Å². The topological polar surface area (TPSA) is 228 Å². The molecule has 3 amide bonds. The summed E-state index contributed by atoms with van der Waals surface area (Å²) in [6.07, 6.45) is -0.904. The number of aliphatic hydroxyl groups is 2. The predicted molar refractivity (Wildman–Crippen MR) is 83.5 cm³/mol. The highest BCUT2D eigenvalue weighted by Crippen LogP contribution is 1.96. The highest BCUT2D eigenvalue weighted by atomic mass is 16.4. The predicted octanol–water partition coefficient (Wildman–Crippen LogP) is -4.67. The Morgan fingerprint density at radius 3 is 1.81 bits per heavy atom. The van der Waals surface area contributed by atoms with Gasteiger partial charge in [0.05, 0.1) is 19.6 Å². The van der Waals surface area contributed by atoms with Crippen molar-refractivity contribution in [1.29, 1.82) is 0 Å². The molecule has 9 N–H and O–H groups in total. The first-order valence-electron chi connectivity index (χ1n) is 7.36. The summed E-state index contributed by atoms with van der Waals surface area (Å²) in [7, 11) is 0. The second-order valence-corrected chi connectivity index (χ2v) is 5.26. The molecule has 13 nitrogen and oxygen atoms in total. The van der Waals surface area contributed by atoms with E-state index in [0.29, 0.717) is 0 Å². The van der Waals surface area contributed by atoms with E-state index in [4.69, 9.17) is 21.1 Å². The average molecular weight is 378 g/mol. The van der Waals surface area contributed by atoms with Gasteiger partial charge in [-0.1, -0.05) is 0 Å². The van der Waals surface area contributed by atoms with Crippen molar-refractivity contribution in [2.45, 2.75) is 37.5 Å². The largest absolute Gasteiger partial charge is 0.481 e. The Balaban J connectivity index is 4.83. The number of nitrogens with two attached hydrogens (primary N) is 1. The molecular weight excluding hydrogens is 356 g/mol. The third-order valence-corrected chi connectivity index (χ3v) is 3.09. The molecular formula is C13H22N4O9. The van der Waals surface area contributed by atoms with Gasteiger partial charge in [0.2, 0.25) is 17.7 Å². The first-order chi connectivity index (χ1) is 12.0. The van der Waals surface area contributed by atoms with Crippen LogP contribution in [0.4, 0.5) is 0 Å². The van der Waals surface area contributed by atoms with Crippen LogP contribution in [0.1, 0.15) is 13.3 Å². The minimum atomic E-state index is -1.76. The molecule has 26 heavy (non-hydrogen) atoms. The molecule has 13 heteroatoms. The molecule has 4 unspecified atom stereocenters. The van der Waals surface area contributed by atoms with Gasteiger partial charge in [0, 0.05) is 0 Å². The summed E-state index contributed by atoms with van der Waals surface area (Å²) in [6, 6.07) is -5.78. The highest BCUT2D eigenvalue weighted by Gasteiger charge is 2.29. The van der Waals surface area contributed by atoms with Gasteiger partial charge in [-0.15, -0.1) is 0 Å². The van der Waals surface area contributed by atoms with Crippen LogP contribution >= 0.6 is 0 Å². The minimum Gasteiger partial charge on any atom is -0.481 e. The second kappa shape index (κ2) is 11.0.